The summed E-state index contributed by atoms with van der Waals surface area (Å²) in [5.41, 5.74) is 4.81. The molecule has 0 saturated carbocycles. The summed E-state index contributed by atoms with van der Waals surface area (Å²) in [4.78, 5) is 12.0. The van der Waals surface area contributed by atoms with E-state index in [1.165, 1.54) is 6.07 Å². The minimum atomic E-state index is -1.06. The molecular formula is C12H14F2N2O2. The maximum Gasteiger partial charge on any atom is 0.244 e. The Morgan fingerprint density at radius 1 is 1.33 bits per heavy atom. The predicted molar refractivity (Wildman–Crippen MR) is 62.0 cm³/mol. The normalized spacial score (nSPS) is 18.4. The molecule has 0 spiro atoms. The van der Waals surface area contributed by atoms with E-state index in [-0.39, 0.29) is 5.69 Å². The Morgan fingerprint density at radius 3 is 2.61 bits per heavy atom. The first kappa shape index (κ1) is 12.9. The third kappa shape index (κ3) is 2.65. The number of hydrogen-bond donors (Lipinski definition) is 2. The Bertz CT molecular complexity index is 459. The number of carbonyl (C=O) groups excluding carboxylic acids is 1. The fourth-order valence-electron chi connectivity index (χ4n) is 1.80. The largest absolute Gasteiger partial charge is 0.381 e. The van der Waals surface area contributed by atoms with E-state index >= 15 is 0 Å². The molecule has 1 aromatic carbocycles. The molecule has 6 heteroatoms. The number of nitrogens with two attached hydrogens (primary N) is 1. The van der Waals surface area contributed by atoms with Crippen LogP contribution in [0.5, 0.6) is 0 Å². The average Bonchev–Trinajstić information content (AvgIpc) is 2.33. The number of hydrogen-bond acceptors (Lipinski definition) is 3. The summed E-state index contributed by atoms with van der Waals surface area (Å²) in [5, 5.41) is 2.39. The Hall–Kier alpha value is -1.53. The van der Waals surface area contributed by atoms with Crippen molar-refractivity contribution in [1.29, 1.82) is 0 Å². The van der Waals surface area contributed by atoms with Crippen LogP contribution in [0.15, 0.2) is 18.2 Å². The van der Waals surface area contributed by atoms with E-state index in [1.54, 1.807) is 0 Å². The van der Waals surface area contributed by atoms with Gasteiger partial charge in [-0.15, -0.1) is 0 Å². The summed E-state index contributed by atoms with van der Waals surface area (Å²) in [6, 6.07) is 2.96. The number of halogens is 2. The molecule has 4 nitrogen and oxygen atoms in total. The smallest absolute Gasteiger partial charge is 0.244 e. The summed E-state index contributed by atoms with van der Waals surface area (Å²) in [7, 11) is 0. The zero-order chi connectivity index (χ0) is 13.2. The van der Waals surface area contributed by atoms with Gasteiger partial charge in [0.25, 0.3) is 0 Å². The van der Waals surface area contributed by atoms with Crippen LogP contribution in [0.2, 0.25) is 0 Å². The van der Waals surface area contributed by atoms with Crippen LogP contribution in [-0.4, -0.2) is 24.7 Å². The number of nitrogens with one attached hydrogen (secondary N) is 1. The molecule has 1 saturated heterocycles. The van der Waals surface area contributed by atoms with Crippen molar-refractivity contribution in [2.45, 2.75) is 18.4 Å². The van der Waals surface area contributed by atoms with Gasteiger partial charge in [0, 0.05) is 19.3 Å². The standard InChI is InChI=1S/C12H14F2N2O2/c13-8-1-2-10(9(14)7-8)16-11(17)12(15)3-5-18-6-4-12/h1-2,7H,3-6,15H2,(H,16,17). The molecule has 1 aromatic rings. The molecular weight excluding hydrogens is 242 g/mol. The second-order valence-corrected chi connectivity index (χ2v) is 4.35. The first-order valence-electron chi connectivity index (χ1n) is 5.64. The SMILES string of the molecule is NC1(C(=O)Nc2ccc(F)cc2F)CCOCC1. The van der Waals surface area contributed by atoms with Crippen molar-refractivity contribution in [3.8, 4) is 0 Å². The Balaban J connectivity index is 2.11. The van der Waals surface area contributed by atoms with Gasteiger partial charge in [0.2, 0.25) is 5.91 Å². The van der Waals surface area contributed by atoms with Crippen LogP contribution in [0.4, 0.5) is 14.5 Å². The van der Waals surface area contributed by atoms with Crippen molar-refractivity contribution < 1.29 is 18.3 Å². The molecule has 1 heterocycles. The first-order valence-corrected chi connectivity index (χ1v) is 5.64. The van der Waals surface area contributed by atoms with Gasteiger partial charge in [-0.05, 0) is 25.0 Å². The van der Waals surface area contributed by atoms with Crippen LogP contribution in [0.1, 0.15) is 12.8 Å². The van der Waals surface area contributed by atoms with Crippen LogP contribution in [0, 0.1) is 11.6 Å². The van der Waals surface area contributed by atoms with E-state index < -0.39 is 23.1 Å². The lowest BCUT2D eigenvalue weighted by atomic mass is 9.90. The Morgan fingerprint density at radius 2 is 2.00 bits per heavy atom. The highest BCUT2D eigenvalue weighted by atomic mass is 19.1. The van der Waals surface area contributed by atoms with E-state index in [4.69, 9.17) is 10.5 Å². The zero-order valence-electron chi connectivity index (χ0n) is 9.71. The van der Waals surface area contributed by atoms with Gasteiger partial charge >= 0.3 is 0 Å². The molecule has 0 aromatic heterocycles. The maximum atomic E-state index is 13.4. The number of ether oxygens (including phenoxy) is 1. The van der Waals surface area contributed by atoms with E-state index in [9.17, 15) is 13.6 Å². The molecule has 0 unspecified atom stereocenters. The number of rotatable bonds is 2. The fourth-order valence-corrected chi connectivity index (χ4v) is 1.80. The fraction of sp³-hybridized carbons (Fsp3) is 0.417. The molecule has 1 fully saturated rings. The van der Waals surface area contributed by atoms with Gasteiger partial charge in [0.1, 0.15) is 17.2 Å². The summed E-state index contributed by atoms with van der Waals surface area (Å²) in [5.74, 6) is -1.99. The molecule has 0 bridgehead atoms. The summed E-state index contributed by atoms with van der Waals surface area (Å²) in [6.07, 6.45) is 0.753. The first-order chi connectivity index (χ1) is 8.51. The highest BCUT2D eigenvalue weighted by Gasteiger charge is 2.36. The van der Waals surface area contributed by atoms with Gasteiger partial charge in [-0.1, -0.05) is 0 Å². The molecule has 0 radical (unpaired) electrons. The van der Waals surface area contributed by atoms with Crippen LogP contribution in [0.3, 0.4) is 0 Å². The Labute approximate surface area is 103 Å². The minimum absolute atomic E-state index is 0.0716. The van der Waals surface area contributed by atoms with E-state index in [1.807, 2.05) is 0 Å². The molecule has 3 N–H and O–H groups in total. The third-order valence-corrected chi connectivity index (χ3v) is 3.02. The second-order valence-electron chi connectivity index (χ2n) is 4.35. The van der Waals surface area contributed by atoms with Gasteiger partial charge in [-0.2, -0.15) is 0 Å². The van der Waals surface area contributed by atoms with Crippen molar-refractivity contribution in [2.75, 3.05) is 18.5 Å². The van der Waals surface area contributed by atoms with Crippen molar-refractivity contribution >= 4 is 11.6 Å². The number of benzene rings is 1. The van der Waals surface area contributed by atoms with Crippen molar-refractivity contribution in [2.24, 2.45) is 5.73 Å². The van der Waals surface area contributed by atoms with Crippen molar-refractivity contribution in [3.63, 3.8) is 0 Å². The van der Waals surface area contributed by atoms with Crippen LogP contribution < -0.4 is 11.1 Å². The lowest BCUT2D eigenvalue weighted by Gasteiger charge is -2.31. The van der Waals surface area contributed by atoms with Gasteiger partial charge in [-0.25, -0.2) is 8.78 Å². The molecule has 1 amide bonds. The molecule has 1 aliphatic heterocycles. The zero-order valence-corrected chi connectivity index (χ0v) is 9.71. The summed E-state index contributed by atoms with van der Waals surface area (Å²) in [6.45, 7) is 0.797. The minimum Gasteiger partial charge on any atom is -0.381 e. The van der Waals surface area contributed by atoms with E-state index in [0.29, 0.717) is 32.1 Å². The molecule has 18 heavy (non-hydrogen) atoms. The number of anilines is 1. The second kappa shape index (κ2) is 4.99. The molecule has 0 atom stereocenters. The Kier molecular flexibility index (Phi) is 3.58. The quantitative estimate of drug-likeness (QED) is 0.841. The van der Waals surface area contributed by atoms with Crippen LogP contribution in [0.25, 0.3) is 0 Å². The lowest BCUT2D eigenvalue weighted by molar-refractivity contribution is -0.124. The highest BCUT2D eigenvalue weighted by molar-refractivity contribution is 5.98. The summed E-state index contributed by atoms with van der Waals surface area (Å²) >= 11 is 0. The van der Waals surface area contributed by atoms with Crippen LogP contribution in [-0.2, 0) is 9.53 Å². The van der Waals surface area contributed by atoms with Crippen molar-refractivity contribution in [3.05, 3.63) is 29.8 Å². The molecule has 0 aliphatic carbocycles. The number of carbonyl (C=O) groups is 1. The molecule has 1 aliphatic rings. The van der Waals surface area contributed by atoms with Crippen LogP contribution >= 0.6 is 0 Å². The van der Waals surface area contributed by atoms with Gasteiger partial charge in [0.15, 0.2) is 0 Å². The number of amides is 1. The van der Waals surface area contributed by atoms with Gasteiger partial charge < -0.3 is 15.8 Å². The van der Waals surface area contributed by atoms with E-state index in [0.717, 1.165) is 6.07 Å². The topological polar surface area (TPSA) is 64.4 Å². The van der Waals surface area contributed by atoms with Gasteiger partial charge in [-0.3, -0.25) is 4.79 Å². The van der Waals surface area contributed by atoms with Crippen molar-refractivity contribution in [1.82, 2.24) is 0 Å². The lowest BCUT2D eigenvalue weighted by Crippen LogP contribution is -2.54. The predicted octanol–water partition coefficient (Wildman–Crippen LogP) is 1.41. The average molecular weight is 256 g/mol. The van der Waals surface area contributed by atoms with E-state index in [2.05, 4.69) is 5.32 Å². The maximum absolute atomic E-state index is 13.4. The molecule has 98 valence electrons. The molecule has 2 rings (SSSR count). The third-order valence-electron chi connectivity index (χ3n) is 3.02. The monoisotopic (exact) mass is 256 g/mol. The highest BCUT2D eigenvalue weighted by Crippen LogP contribution is 2.21. The van der Waals surface area contributed by atoms with Gasteiger partial charge in [0.05, 0.1) is 5.69 Å². The summed E-state index contributed by atoms with van der Waals surface area (Å²) < 4.78 is 31.2.